The number of hydrogen-bond donors (Lipinski definition) is 1. The van der Waals surface area contributed by atoms with Gasteiger partial charge in [-0.25, -0.2) is 0 Å². The molecule has 5 nitrogen and oxygen atoms in total. The highest BCUT2D eigenvalue weighted by atomic mass is 32.2. The van der Waals surface area contributed by atoms with E-state index in [4.69, 9.17) is 5.73 Å². The van der Waals surface area contributed by atoms with E-state index < -0.39 is 0 Å². The third-order valence-electron chi connectivity index (χ3n) is 2.52. The van der Waals surface area contributed by atoms with Crippen LogP contribution in [0.4, 0.5) is 5.69 Å². The van der Waals surface area contributed by atoms with E-state index >= 15 is 0 Å². The summed E-state index contributed by atoms with van der Waals surface area (Å²) < 4.78 is 0. The van der Waals surface area contributed by atoms with Crippen LogP contribution in [-0.2, 0) is 0 Å². The van der Waals surface area contributed by atoms with E-state index in [1.165, 1.54) is 17.8 Å². The van der Waals surface area contributed by atoms with Gasteiger partial charge in [0, 0.05) is 23.2 Å². The highest BCUT2D eigenvalue weighted by molar-refractivity contribution is 7.99. The fourth-order valence-corrected chi connectivity index (χ4v) is 2.43. The standard InChI is InChI=1S/C13H13N3O2S/c1-9(14)11-7-6-10(8-15-11)19-13-5-3-2-4-12(13)16(17)18/h2-9H,14H2,1H3/t9-/m1/s1. The summed E-state index contributed by atoms with van der Waals surface area (Å²) in [6, 6.07) is 10.2. The largest absolute Gasteiger partial charge is 0.323 e. The summed E-state index contributed by atoms with van der Waals surface area (Å²) in [5.74, 6) is 0. The Morgan fingerprint density at radius 3 is 2.63 bits per heavy atom. The van der Waals surface area contributed by atoms with Crippen molar-refractivity contribution in [3.63, 3.8) is 0 Å². The normalized spacial score (nSPS) is 12.1. The molecule has 0 aliphatic heterocycles. The summed E-state index contributed by atoms with van der Waals surface area (Å²) in [4.78, 5) is 16.2. The first-order valence-electron chi connectivity index (χ1n) is 5.70. The molecule has 0 aliphatic carbocycles. The zero-order valence-corrected chi connectivity index (χ0v) is 11.1. The quantitative estimate of drug-likeness (QED) is 0.684. The summed E-state index contributed by atoms with van der Waals surface area (Å²) in [7, 11) is 0. The molecule has 0 aliphatic rings. The van der Waals surface area contributed by atoms with E-state index in [1.807, 2.05) is 19.1 Å². The van der Waals surface area contributed by atoms with E-state index in [0.717, 1.165) is 10.6 Å². The first-order chi connectivity index (χ1) is 9.08. The lowest BCUT2D eigenvalue weighted by atomic mass is 10.2. The van der Waals surface area contributed by atoms with Crippen molar-refractivity contribution in [2.24, 2.45) is 5.73 Å². The Kier molecular flexibility index (Phi) is 4.13. The van der Waals surface area contributed by atoms with Gasteiger partial charge in [-0.05, 0) is 25.1 Å². The van der Waals surface area contributed by atoms with E-state index in [-0.39, 0.29) is 16.7 Å². The molecule has 0 radical (unpaired) electrons. The van der Waals surface area contributed by atoms with Crippen molar-refractivity contribution in [2.75, 3.05) is 0 Å². The number of rotatable bonds is 4. The molecule has 0 unspecified atom stereocenters. The minimum atomic E-state index is -0.383. The molecule has 0 bridgehead atoms. The lowest BCUT2D eigenvalue weighted by molar-refractivity contribution is -0.387. The first-order valence-corrected chi connectivity index (χ1v) is 6.52. The third kappa shape index (κ3) is 3.30. The van der Waals surface area contributed by atoms with Crippen molar-refractivity contribution in [1.82, 2.24) is 4.98 Å². The Bertz CT molecular complexity index is 585. The van der Waals surface area contributed by atoms with Gasteiger partial charge in [0.15, 0.2) is 0 Å². The van der Waals surface area contributed by atoms with Gasteiger partial charge in [0.25, 0.3) is 5.69 Å². The van der Waals surface area contributed by atoms with Gasteiger partial charge in [-0.15, -0.1) is 0 Å². The zero-order valence-electron chi connectivity index (χ0n) is 10.3. The molecule has 6 heteroatoms. The second-order valence-electron chi connectivity index (χ2n) is 4.03. The summed E-state index contributed by atoms with van der Waals surface area (Å²) in [6.07, 6.45) is 1.68. The van der Waals surface area contributed by atoms with Gasteiger partial charge in [-0.3, -0.25) is 15.1 Å². The van der Waals surface area contributed by atoms with Crippen molar-refractivity contribution in [1.29, 1.82) is 0 Å². The van der Waals surface area contributed by atoms with Crippen LogP contribution in [-0.4, -0.2) is 9.91 Å². The number of nitrogens with two attached hydrogens (primary N) is 1. The van der Waals surface area contributed by atoms with Crippen LogP contribution in [0.5, 0.6) is 0 Å². The van der Waals surface area contributed by atoms with Gasteiger partial charge < -0.3 is 5.73 Å². The number of benzene rings is 1. The van der Waals surface area contributed by atoms with Crippen LogP contribution in [0.2, 0.25) is 0 Å². The number of nitrogens with zero attached hydrogens (tertiary/aromatic N) is 2. The first kappa shape index (κ1) is 13.5. The predicted octanol–water partition coefficient (Wildman–Crippen LogP) is 3.16. The van der Waals surface area contributed by atoms with Gasteiger partial charge in [0.1, 0.15) is 0 Å². The Morgan fingerprint density at radius 2 is 2.05 bits per heavy atom. The smallest absolute Gasteiger partial charge is 0.283 e. The van der Waals surface area contributed by atoms with Crippen molar-refractivity contribution in [2.45, 2.75) is 22.8 Å². The van der Waals surface area contributed by atoms with E-state index in [9.17, 15) is 10.1 Å². The summed E-state index contributed by atoms with van der Waals surface area (Å²) in [5.41, 5.74) is 6.62. The number of hydrogen-bond acceptors (Lipinski definition) is 5. The molecule has 1 atom stereocenters. The Morgan fingerprint density at radius 1 is 1.32 bits per heavy atom. The average molecular weight is 275 g/mol. The van der Waals surface area contributed by atoms with Crippen molar-refractivity contribution in [3.8, 4) is 0 Å². The molecule has 2 N–H and O–H groups in total. The fraction of sp³-hybridized carbons (Fsp3) is 0.154. The molecule has 98 valence electrons. The maximum absolute atomic E-state index is 10.9. The number of pyridine rings is 1. The number of aromatic nitrogens is 1. The zero-order chi connectivity index (χ0) is 13.8. The number of nitro benzene ring substituents is 1. The third-order valence-corrected chi connectivity index (χ3v) is 3.56. The monoisotopic (exact) mass is 275 g/mol. The molecular weight excluding hydrogens is 262 g/mol. The maximum atomic E-state index is 10.9. The van der Waals surface area contributed by atoms with Crippen molar-refractivity contribution >= 4 is 17.4 Å². The summed E-state index contributed by atoms with van der Waals surface area (Å²) in [6.45, 7) is 1.86. The minimum Gasteiger partial charge on any atom is -0.323 e. The number of nitro groups is 1. The molecule has 0 fully saturated rings. The van der Waals surface area contributed by atoms with Crippen LogP contribution in [0, 0.1) is 10.1 Å². The van der Waals surface area contributed by atoms with Crippen LogP contribution in [0.1, 0.15) is 18.7 Å². The Labute approximate surface area is 115 Å². The van der Waals surface area contributed by atoms with Crippen LogP contribution >= 0.6 is 11.8 Å². The molecule has 1 aromatic heterocycles. The highest BCUT2D eigenvalue weighted by Gasteiger charge is 2.13. The SMILES string of the molecule is C[C@@H](N)c1ccc(Sc2ccccc2[N+](=O)[O-])cn1. The second-order valence-corrected chi connectivity index (χ2v) is 5.15. The lowest BCUT2D eigenvalue weighted by Crippen LogP contribution is -2.06. The van der Waals surface area contributed by atoms with Crippen LogP contribution in [0.3, 0.4) is 0 Å². The van der Waals surface area contributed by atoms with Gasteiger partial charge in [0.05, 0.1) is 15.5 Å². The summed E-state index contributed by atoms with van der Waals surface area (Å²) in [5, 5.41) is 10.9. The molecule has 0 spiro atoms. The molecule has 0 amide bonds. The summed E-state index contributed by atoms with van der Waals surface area (Å²) >= 11 is 1.32. The molecule has 19 heavy (non-hydrogen) atoms. The molecule has 0 saturated carbocycles. The predicted molar refractivity (Wildman–Crippen MR) is 74.1 cm³/mol. The topological polar surface area (TPSA) is 82.0 Å². The van der Waals surface area contributed by atoms with Crippen molar-refractivity contribution < 1.29 is 4.92 Å². The van der Waals surface area contributed by atoms with E-state index in [0.29, 0.717) is 4.90 Å². The maximum Gasteiger partial charge on any atom is 0.283 e. The molecule has 1 heterocycles. The molecular formula is C13H13N3O2S. The highest BCUT2D eigenvalue weighted by Crippen LogP contribution is 2.34. The van der Waals surface area contributed by atoms with E-state index in [1.54, 1.807) is 24.4 Å². The molecule has 0 saturated heterocycles. The minimum absolute atomic E-state index is 0.101. The lowest BCUT2D eigenvalue weighted by Gasteiger charge is -2.06. The van der Waals surface area contributed by atoms with Gasteiger partial charge in [-0.2, -0.15) is 0 Å². The van der Waals surface area contributed by atoms with E-state index in [2.05, 4.69) is 4.98 Å². The van der Waals surface area contributed by atoms with Crippen LogP contribution in [0.15, 0.2) is 52.4 Å². The van der Waals surface area contributed by atoms with Crippen molar-refractivity contribution in [3.05, 3.63) is 58.4 Å². The van der Waals surface area contributed by atoms with Crippen LogP contribution < -0.4 is 5.73 Å². The molecule has 1 aromatic carbocycles. The van der Waals surface area contributed by atoms with Gasteiger partial charge in [-0.1, -0.05) is 23.9 Å². The van der Waals surface area contributed by atoms with Gasteiger partial charge in [0.2, 0.25) is 0 Å². The van der Waals surface area contributed by atoms with Gasteiger partial charge >= 0.3 is 0 Å². The molecule has 2 rings (SSSR count). The van der Waals surface area contributed by atoms with Crippen LogP contribution in [0.25, 0.3) is 0 Å². The molecule has 2 aromatic rings. The average Bonchev–Trinajstić information content (AvgIpc) is 2.39. The second kappa shape index (κ2) is 5.81. The Hall–Kier alpha value is -1.92. The Balaban J connectivity index is 2.24. The fourth-order valence-electron chi connectivity index (χ4n) is 1.54. The number of para-hydroxylation sites is 1.